The van der Waals surface area contributed by atoms with Crippen molar-refractivity contribution >= 4 is 5.90 Å². The molecule has 0 fully saturated rings. The molecule has 1 aliphatic heterocycles. The van der Waals surface area contributed by atoms with Crippen LogP contribution in [0.2, 0.25) is 0 Å². The van der Waals surface area contributed by atoms with Crippen LogP contribution in [-0.2, 0) is 4.74 Å². The molecule has 18 heavy (non-hydrogen) atoms. The van der Waals surface area contributed by atoms with Crippen molar-refractivity contribution in [2.45, 2.75) is 85.1 Å². The molecule has 1 aliphatic rings. The molecule has 0 spiro atoms. The number of unbranched alkanes of at least 4 members (excludes halogenated alkanes) is 5. The van der Waals surface area contributed by atoms with Crippen molar-refractivity contribution < 1.29 is 4.74 Å². The molecule has 2 heteroatoms. The molecule has 106 valence electrons. The Hall–Kier alpha value is -0.530. The summed E-state index contributed by atoms with van der Waals surface area (Å²) in [7, 11) is 0. The van der Waals surface area contributed by atoms with Gasteiger partial charge in [-0.1, -0.05) is 59.3 Å². The van der Waals surface area contributed by atoms with Crippen LogP contribution in [0, 0.1) is 5.41 Å². The van der Waals surface area contributed by atoms with Gasteiger partial charge in [0.2, 0.25) is 0 Å². The van der Waals surface area contributed by atoms with Crippen molar-refractivity contribution in [3.63, 3.8) is 0 Å². The van der Waals surface area contributed by atoms with Crippen LogP contribution in [0.25, 0.3) is 0 Å². The van der Waals surface area contributed by atoms with Gasteiger partial charge in [0, 0.05) is 5.41 Å². The first kappa shape index (κ1) is 15.5. The van der Waals surface area contributed by atoms with Crippen LogP contribution in [0.3, 0.4) is 0 Å². The van der Waals surface area contributed by atoms with Gasteiger partial charge in [0.1, 0.15) is 6.61 Å². The first-order valence-corrected chi connectivity index (χ1v) is 7.60. The van der Waals surface area contributed by atoms with Crippen molar-refractivity contribution in [3.8, 4) is 0 Å². The fourth-order valence-electron chi connectivity index (χ4n) is 2.39. The van der Waals surface area contributed by atoms with Gasteiger partial charge in [0.15, 0.2) is 5.90 Å². The van der Waals surface area contributed by atoms with E-state index in [0.717, 1.165) is 12.5 Å². The lowest BCUT2D eigenvalue weighted by molar-refractivity contribution is 0.244. The van der Waals surface area contributed by atoms with E-state index >= 15 is 0 Å². The predicted octanol–water partition coefficient (Wildman–Crippen LogP) is 4.97. The zero-order valence-corrected chi connectivity index (χ0v) is 13.0. The van der Waals surface area contributed by atoms with Gasteiger partial charge >= 0.3 is 0 Å². The summed E-state index contributed by atoms with van der Waals surface area (Å²) in [4.78, 5) is 4.71. The van der Waals surface area contributed by atoms with E-state index in [-0.39, 0.29) is 11.0 Å². The highest BCUT2D eigenvalue weighted by molar-refractivity contribution is 5.83. The molecule has 1 heterocycles. The molecule has 0 aromatic heterocycles. The molecule has 0 saturated heterocycles. The summed E-state index contributed by atoms with van der Waals surface area (Å²) in [6, 6.07) is 0. The molecule has 0 amide bonds. The van der Waals surface area contributed by atoms with Crippen LogP contribution in [0.5, 0.6) is 0 Å². The Balaban J connectivity index is 2.28. The van der Waals surface area contributed by atoms with E-state index in [4.69, 9.17) is 9.73 Å². The maximum atomic E-state index is 5.78. The minimum atomic E-state index is -0.0201. The molecule has 0 aromatic carbocycles. The Labute approximate surface area is 113 Å². The molecule has 0 atom stereocenters. The topological polar surface area (TPSA) is 21.6 Å². The van der Waals surface area contributed by atoms with Crippen LogP contribution < -0.4 is 0 Å². The number of aliphatic imine (C=N–C) groups is 1. The lowest BCUT2D eigenvalue weighted by Crippen LogP contribution is -2.24. The third-order valence-corrected chi connectivity index (χ3v) is 3.70. The first-order chi connectivity index (χ1) is 8.37. The van der Waals surface area contributed by atoms with Gasteiger partial charge in [-0.15, -0.1) is 0 Å². The number of hydrogen-bond acceptors (Lipinski definition) is 2. The van der Waals surface area contributed by atoms with Gasteiger partial charge in [0.25, 0.3) is 0 Å². The third kappa shape index (κ3) is 4.99. The largest absolute Gasteiger partial charge is 0.478 e. The van der Waals surface area contributed by atoms with Gasteiger partial charge in [-0.25, -0.2) is 4.99 Å². The summed E-state index contributed by atoms with van der Waals surface area (Å²) in [5.74, 6) is 0.973. The molecule has 1 rings (SSSR count). The minimum Gasteiger partial charge on any atom is -0.478 e. The second-order valence-electron chi connectivity index (χ2n) is 6.92. The van der Waals surface area contributed by atoms with Crippen molar-refractivity contribution in [2.24, 2.45) is 10.4 Å². The van der Waals surface area contributed by atoms with Crippen LogP contribution in [-0.4, -0.2) is 18.0 Å². The van der Waals surface area contributed by atoms with E-state index in [1.165, 1.54) is 44.9 Å². The molecule has 2 nitrogen and oxygen atoms in total. The summed E-state index contributed by atoms with van der Waals surface area (Å²) in [5.41, 5.74) is 0.0895. The molecular formula is C16H31NO. The third-order valence-electron chi connectivity index (χ3n) is 3.70. The predicted molar refractivity (Wildman–Crippen MR) is 79.2 cm³/mol. The molecular weight excluding hydrogens is 222 g/mol. The first-order valence-electron chi connectivity index (χ1n) is 7.60. The van der Waals surface area contributed by atoms with Crippen molar-refractivity contribution in [1.82, 2.24) is 0 Å². The van der Waals surface area contributed by atoms with Crippen LogP contribution in [0.1, 0.15) is 79.6 Å². The summed E-state index contributed by atoms with van der Waals surface area (Å²) < 4.78 is 5.78. The minimum absolute atomic E-state index is 0.0201. The zero-order chi connectivity index (χ0) is 13.6. The number of nitrogens with zero attached hydrogens (tertiary/aromatic N) is 1. The Morgan fingerprint density at radius 3 is 2.28 bits per heavy atom. The number of rotatable bonds is 8. The Bertz CT molecular complexity index is 279. The molecule has 0 radical (unpaired) electrons. The highest BCUT2D eigenvalue weighted by Gasteiger charge is 2.35. The van der Waals surface area contributed by atoms with Gasteiger partial charge < -0.3 is 4.74 Å². The molecule has 0 aromatic rings. The normalized spacial score (nSPS) is 18.6. The standard InChI is InChI=1S/C16H31NO/c1-6-7-8-9-10-11-12-15(2,3)14-17-16(4,5)13-18-14/h6-13H2,1-5H3. The van der Waals surface area contributed by atoms with Crippen molar-refractivity contribution in [1.29, 1.82) is 0 Å². The van der Waals surface area contributed by atoms with Gasteiger partial charge in [-0.05, 0) is 20.3 Å². The van der Waals surface area contributed by atoms with E-state index in [1.807, 2.05) is 0 Å². The second kappa shape index (κ2) is 6.58. The summed E-state index contributed by atoms with van der Waals surface area (Å²) in [6.07, 6.45) is 9.30. The molecule has 0 bridgehead atoms. The summed E-state index contributed by atoms with van der Waals surface area (Å²) in [5, 5.41) is 0. The molecule has 0 unspecified atom stereocenters. The number of ether oxygens (including phenoxy) is 1. The van der Waals surface area contributed by atoms with Gasteiger partial charge in [0.05, 0.1) is 5.54 Å². The summed E-state index contributed by atoms with van der Waals surface area (Å²) in [6.45, 7) is 11.8. The quantitative estimate of drug-likeness (QED) is 0.560. The molecule has 0 saturated carbocycles. The number of hydrogen-bond donors (Lipinski definition) is 0. The average Bonchev–Trinajstić information content (AvgIpc) is 2.65. The van der Waals surface area contributed by atoms with E-state index in [2.05, 4.69) is 34.6 Å². The monoisotopic (exact) mass is 253 g/mol. The van der Waals surface area contributed by atoms with E-state index in [0.29, 0.717) is 0 Å². The van der Waals surface area contributed by atoms with E-state index < -0.39 is 0 Å². The highest BCUT2D eigenvalue weighted by Crippen LogP contribution is 2.32. The molecule has 0 N–H and O–H groups in total. The van der Waals surface area contributed by atoms with Crippen LogP contribution in [0.4, 0.5) is 0 Å². The van der Waals surface area contributed by atoms with Crippen molar-refractivity contribution in [3.05, 3.63) is 0 Å². The van der Waals surface area contributed by atoms with Crippen LogP contribution >= 0.6 is 0 Å². The lowest BCUT2D eigenvalue weighted by atomic mass is 9.86. The summed E-state index contributed by atoms with van der Waals surface area (Å²) >= 11 is 0. The van der Waals surface area contributed by atoms with Crippen LogP contribution in [0.15, 0.2) is 4.99 Å². The second-order valence-corrected chi connectivity index (χ2v) is 6.92. The smallest absolute Gasteiger partial charge is 0.189 e. The maximum Gasteiger partial charge on any atom is 0.189 e. The van der Waals surface area contributed by atoms with Gasteiger partial charge in [-0.2, -0.15) is 0 Å². The van der Waals surface area contributed by atoms with E-state index in [9.17, 15) is 0 Å². The zero-order valence-electron chi connectivity index (χ0n) is 13.0. The maximum absolute atomic E-state index is 5.78. The lowest BCUT2D eigenvalue weighted by Gasteiger charge is -2.23. The Morgan fingerprint density at radius 1 is 1.11 bits per heavy atom. The fraction of sp³-hybridized carbons (Fsp3) is 0.938. The van der Waals surface area contributed by atoms with Gasteiger partial charge in [-0.3, -0.25) is 0 Å². The molecule has 0 aliphatic carbocycles. The Kier molecular flexibility index (Phi) is 5.68. The van der Waals surface area contributed by atoms with E-state index in [1.54, 1.807) is 0 Å². The fourth-order valence-corrected chi connectivity index (χ4v) is 2.39. The average molecular weight is 253 g/mol. The Morgan fingerprint density at radius 2 is 1.72 bits per heavy atom. The SMILES string of the molecule is CCCCCCCCC(C)(C)C1=NC(C)(C)CO1. The highest BCUT2D eigenvalue weighted by atomic mass is 16.5. The van der Waals surface area contributed by atoms with Crippen molar-refractivity contribution in [2.75, 3.05) is 6.61 Å².